The summed E-state index contributed by atoms with van der Waals surface area (Å²) in [6.45, 7) is 9.24. The monoisotopic (exact) mass is 561 g/mol. The first kappa shape index (κ1) is 32.3. The number of likely N-dealkylation sites (tertiary alicyclic amines) is 2. The number of ketones is 1. The van der Waals surface area contributed by atoms with Crippen molar-refractivity contribution in [3.8, 4) is 0 Å². The van der Waals surface area contributed by atoms with E-state index in [0.29, 0.717) is 6.54 Å². The average Bonchev–Trinajstić information content (AvgIpc) is 2.78. The molecule has 1 N–H and O–H groups in total. The lowest BCUT2D eigenvalue weighted by atomic mass is 10.0. The van der Waals surface area contributed by atoms with Gasteiger partial charge in [-0.25, -0.2) is 18.4 Å². The van der Waals surface area contributed by atoms with Crippen molar-refractivity contribution in [2.45, 2.75) is 90.0 Å². The number of amides is 2. The topological polar surface area (TPSA) is 88.2 Å². The Hall–Kier alpha value is -2.89. The minimum absolute atomic E-state index is 0.0106. The van der Waals surface area contributed by atoms with Gasteiger partial charge < -0.3 is 24.6 Å². The van der Waals surface area contributed by atoms with Crippen LogP contribution in [0, 0.1) is 0 Å². The zero-order chi connectivity index (χ0) is 29.6. The van der Waals surface area contributed by atoms with Gasteiger partial charge in [-0.05, 0) is 53.5 Å². The Bertz CT molecular complexity index is 993. The van der Waals surface area contributed by atoms with Crippen LogP contribution in [0.25, 0.3) is 0 Å². The van der Waals surface area contributed by atoms with Gasteiger partial charge in [-0.3, -0.25) is 4.79 Å². The number of nitrogens with zero attached hydrogens (tertiary/aromatic N) is 2. The molecule has 12 heteroatoms. The maximum absolute atomic E-state index is 14.3. The van der Waals surface area contributed by atoms with Gasteiger partial charge in [0.25, 0.3) is 5.92 Å². The Balaban J connectivity index is 0.000000293. The third-order valence-corrected chi connectivity index (χ3v) is 5.70. The van der Waals surface area contributed by atoms with Crippen molar-refractivity contribution in [3.05, 3.63) is 35.9 Å². The van der Waals surface area contributed by atoms with E-state index in [1.165, 1.54) is 0 Å². The summed E-state index contributed by atoms with van der Waals surface area (Å²) in [7, 11) is 0. The highest BCUT2D eigenvalue weighted by atomic mass is 19.3. The molecule has 0 aromatic heterocycles. The van der Waals surface area contributed by atoms with Crippen molar-refractivity contribution in [2.75, 3.05) is 26.2 Å². The number of halogens is 4. The van der Waals surface area contributed by atoms with E-state index in [0.717, 1.165) is 15.4 Å². The van der Waals surface area contributed by atoms with E-state index >= 15 is 0 Å². The van der Waals surface area contributed by atoms with Crippen molar-refractivity contribution >= 4 is 18.0 Å². The molecule has 0 saturated carbocycles. The van der Waals surface area contributed by atoms with Gasteiger partial charge in [-0.2, -0.15) is 8.78 Å². The number of ether oxygens (including phenoxy) is 2. The third-order valence-electron chi connectivity index (χ3n) is 5.70. The molecule has 0 spiro atoms. The lowest BCUT2D eigenvalue weighted by molar-refractivity contribution is -0.150. The Morgan fingerprint density at radius 1 is 0.897 bits per heavy atom. The van der Waals surface area contributed by atoms with Crippen LogP contribution in [0.1, 0.15) is 59.9 Å². The summed E-state index contributed by atoms with van der Waals surface area (Å²) in [4.78, 5) is 36.2. The van der Waals surface area contributed by atoms with Crippen LogP contribution in [-0.4, -0.2) is 83.0 Å². The number of rotatable bonds is 3. The average molecular weight is 562 g/mol. The molecule has 2 saturated heterocycles. The highest BCUT2D eigenvalue weighted by Gasteiger charge is 2.47. The van der Waals surface area contributed by atoms with E-state index in [1.54, 1.807) is 41.5 Å². The maximum Gasteiger partial charge on any atom is 0.410 e. The largest absolute Gasteiger partial charge is 0.444 e. The van der Waals surface area contributed by atoms with Gasteiger partial charge in [0.1, 0.15) is 11.2 Å². The second-order valence-corrected chi connectivity index (χ2v) is 11.7. The molecule has 2 amide bonds. The van der Waals surface area contributed by atoms with Gasteiger partial charge >= 0.3 is 18.1 Å². The molecule has 0 radical (unpaired) electrons. The van der Waals surface area contributed by atoms with Crippen LogP contribution in [0.15, 0.2) is 30.3 Å². The normalized spacial score (nSPS) is 21.0. The van der Waals surface area contributed by atoms with E-state index in [-0.39, 0.29) is 25.9 Å². The summed E-state index contributed by atoms with van der Waals surface area (Å²) in [6.07, 6.45) is -1.62. The molecule has 1 aromatic carbocycles. The Labute approximate surface area is 227 Å². The molecule has 39 heavy (non-hydrogen) atoms. The number of carbonyl (C=O) groups is 3. The number of benzene rings is 1. The maximum atomic E-state index is 14.3. The predicted octanol–water partition coefficient (Wildman–Crippen LogP) is 5.25. The minimum atomic E-state index is -3.45. The van der Waals surface area contributed by atoms with Crippen molar-refractivity contribution in [3.63, 3.8) is 0 Å². The molecule has 0 aliphatic carbocycles. The number of piperidine rings is 2. The number of hydrogen-bond acceptors (Lipinski definition) is 6. The fourth-order valence-corrected chi connectivity index (χ4v) is 3.82. The van der Waals surface area contributed by atoms with Crippen LogP contribution >= 0.6 is 0 Å². The van der Waals surface area contributed by atoms with Gasteiger partial charge in [-0.15, -0.1) is 0 Å². The van der Waals surface area contributed by atoms with Crippen LogP contribution in [0.2, 0.25) is 0 Å². The summed E-state index contributed by atoms with van der Waals surface area (Å²) < 4.78 is 64.8. The molecule has 220 valence electrons. The fourth-order valence-electron chi connectivity index (χ4n) is 3.82. The number of nitrogens with one attached hydrogen (secondary N) is 1. The smallest absolute Gasteiger partial charge is 0.410 e. The third kappa shape index (κ3) is 10.7. The lowest BCUT2D eigenvalue weighted by Crippen LogP contribution is -2.58. The van der Waals surface area contributed by atoms with Gasteiger partial charge in [0.15, 0.2) is 0 Å². The van der Waals surface area contributed by atoms with E-state index in [2.05, 4.69) is 5.32 Å². The molecule has 3 rings (SSSR count). The van der Waals surface area contributed by atoms with Gasteiger partial charge in [0, 0.05) is 26.1 Å². The van der Waals surface area contributed by atoms with Crippen molar-refractivity contribution < 1.29 is 41.4 Å². The molecule has 2 aliphatic heterocycles. The van der Waals surface area contributed by atoms with Gasteiger partial charge in [0.05, 0.1) is 19.1 Å². The summed E-state index contributed by atoms with van der Waals surface area (Å²) in [5.41, 5.74) is -0.458. The van der Waals surface area contributed by atoms with E-state index < -0.39 is 60.1 Å². The lowest BCUT2D eigenvalue weighted by Gasteiger charge is -2.39. The molecule has 8 nitrogen and oxygen atoms in total. The predicted molar refractivity (Wildman–Crippen MR) is 137 cm³/mol. The first-order chi connectivity index (χ1) is 17.8. The highest BCUT2D eigenvalue weighted by Crippen LogP contribution is 2.29. The van der Waals surface area contributed by atoms with Crippen LogP contribution < -0.4 is 5.32 Å². The quantitative estimate of drug-likeness (QED) is 0.507. The Morgan fingerprint density at radius 3 is 1.87 bits per heavy atom. The summed E-state index contributed by atoms with van der Waals surface area (Å²) in [5, 5.41) is 2.91. The summed E-state index contributed by atoms with van der Waals surface area (Å²) in [5.74, 6) is -7.55. The molecular weight excluding hydrogens is 522 g/mol. The van der Waals surface area contributed by atoms with Gasteiger partial charge in [-0.1, -0.05) is 30.3 Å². The fraction of sp³-hybridized carbons (Fsp3) is 0.667. The minimum Gasteiger partial charge on any atom is -0.444 e. The second kappa shape index (κ2) is 12.5. The molecule has 2 heterocycles. The van der Waals surface area contributed by atoms with E-state index in [9.17, 15) is 31.9 Å². The molecule has 1 unspecified atom stereocenters. The van der Waals surface area contributed by atoms with E-state index in [4.69, 9.17) is 9.47 Å². The van der Waals surface area contributed by atoms with Crippen LogP contribution in [0.3, 0.4) is 0 Å². The van der Waals surface area contributed by atoms with Gasteiger partial charge in [0.2, 0.25) is 5.78 Å². The van der Waals surface area contributed by atoms with Crippen molar-refractivity contribution in [2.24, 2.45) is 0 Å². The standard InChI is InChI=1S/C17H24F2N2O2.C10H15F2NO3/c1-16(2,3)23-15(22)21-10-9-14(17(18,19)12-21)20-11-13-7-5-4-6-8-13;1-9(2,3)16-8(15)13-5-4-7(14)10(11,12)6-13/h4-8,14,20H,9-12H2,1-3H3;4-6H2,1-3H3. The molecule has 0 bridgehead atoms. The zero-order valence-electron chi connectivity index (χ0n) is 23.4. The van der Waals surface area contributed by atoms with Crippen LogP contribution in [-0.2, 0) is 20.8 Å². The number of hydrogen-bond donors (Lipinski definition) is 1. The van der Waals surface area contributed by atoms with Crippen molar-refractivity contribution in [1.82, 2.24) is 15.1 Å². The summed E-state index contributed by atoms with van der Waals surface area (Å²) in [6, 6.07) is 8.47. The Morgan fingerprint density at radius 2 is 1.41 bits per heavy atom. The zero-order valence-corrected chi connectivity index (χ0v) is 23.4. The van der Waals surface area contributed by atoms with E-state index in [1.807, 2.05) is 30.3 Å². The first-order valence-corrected chi connectivity index (χ1v) is 12.8. The number of alkyl halides is 4. The molecule has 1 atom stereocenters. The van der Waals surface area contributed by atoms with Crippen LogP contribution in [0.5, 0.6) is 0 Å². The first-order valence-electron chi connectivity index (χ1n) is 12.8. The van der Waals surface area contributed by atoms with Crippen molar-refractivity contribution in [1.29, 1.82) is 0 Å². The molecule has 2 aliphatic rings. The molecule has 2 fully saturated rings. The second-order valence-electron chi connectivity index (χ2n) is 11.7. The highest BCUT2D eigenvalue weighted by molar-refractivity contribution is 5.88. The number of carbonyl (C=O) groups excluding carboxylic acids is 3. The molecular formula is C27H39F4N3O5. The molecule has 1 aromatic rings. The Kier molecular flexibility index (Phi) is 10.4. The SMILES string of the molecule is CC(C)(C)OC(=O)N1CCC(=O)C(F)(F)C1.CC(C)(C)OC(=O)N1CCC(NCc2ccccc2)C(F)(F)C1. The van der Waals surface area contributed by atoms with Crippen LogP contribution in [0.4, 0.5) is 27.2 Å². The number of Topliss-reactive ketones (excluding diaryl/α,β-unsaturated/α-hetero) is 1. The summed E-state index contributed by atoms with van der Waals surface area (Å²) >= 11 is 0.